The summed E-state index contributed by atoms with van der Waals surface area (Å²) in [6.07, 6.45) is 1.53. The lowest BCUT2D eigenvalue weighted by molar-refractivity contribution is -0.113. The van der Waals surface area contributed by atoms with Crippen molar-refractivity contribution in [3.63, 3.8) is 0 Å². The van der Waals surface area contributed by atoms with E-state index in [1.165, 1.54) is 40.5 Å². The highest BCUT2D eigenvalue weighted by molar-refractivity contribution is 7.22. The van der Waals surface area contributed by atoms with Gasteiger partial charge in [-0.15, -0.1) is 0 Å². The van der Waals surface area contributed by atoms with E-state index in [1.54, 1.807) is 18.2 Å². The number of hydrogen-bond donors (Lipinski definition) is 1. The predicted octanol–water partition coefficient (Wildman–Crippen LogP) is 5.63. The molecular weight excluding hydrogens is 437 g/mol. The first-order chi connectivity index (χ1) is 15.0. The molecule has 5 rings (SSSR count). The van der Waals surface area contributed by atoms with E-state index in [4.69, 9.17) is 11.6 Å². The van der Waals surface area contributed by atoms with Crippen LogP contribution in [0.25, 0.3) is 16.3 Å². The van der Waals surface area contributed by atoms with Gasteiger partial charge in [-0.1, -0.05) is 71.5 Å². The van der Waals surface area contributed by atoms with Crippen molar-refractivity contribution >= 4 is 56.1 Å². The number of anilines is 1. The monoisotopic (exact) mass is 449 g/mol. The van der Waals surface area contributed by atoms with Crippen LogP contribution in [-0.4, -0.2) is 21.8 Å². The lowest BCUT2D eigenvalue weighted by Crippen LogP contribution is -2.32. The zero-order valence-electron chi connectivity index (χ0n) is 15.8. The standard InChI is InChI=1S/C23H13ClFN3O2S/c24-15-11-17-20(12-16(15)25)31-23(27-17)28-21(13-6-2-1-3-7-13)26-18(22(28)30)10-14-8-4-5-9-19(14)29/h1-12,29H/b18-10-. The van der Waals surface area contributed by atoms with Crippen LogP contribution in [0, 0.1) is 5.82 Å². The molecule has 0 saturated heterocycles. The van der Waals surface area contributed by atoms with Crippen LogP contribution in [0.4, 0.5) is 9.52 Å². The summed E-state index contributed by atoms with van der Waals surface area (Å²) in [6, 6.07) is 18.7. The molecule has 1 aliphatic rings. The summed E-state index contributed by atoms with van der Waals surface area (Å²) in [4.78, 5) is 23.8. The molecule has 8 heteroatoms. The Balaban J connectivity index is 1.66. The number of rotatable bonds is 3. The highest BCUT2D eigenvalue weighted by Crippen LogP contribution is 2.36. The molecule has 1 N–H and O–H groups in total. The third-order valence-corrected chi connectivity index (χ3v) is 6.02. The van der Waals surface area contributed by atoms with Crippen molar-refractivity contribution < 1.29 is 14.3 Å². The summed E-state index contributed by atoms with van der Waals surface area (Å²) >= 11 is 7.06. The van der Waals surface area contributed by atoms with Crippen LogP contribution in [0.3, 0.4) is 0 Å². The number of amides is 1. The molecule has 1 aliphatic heterocycles. The number of aromatic nitrogens is 1. The molecule has 0 saturated carbocycles. The van der Waals surface area contributed by atoms with Gasteiger partial charge in [0.15, 0.2) is 5.13 Å². The number of amidine groups is 1. The van der Waals surface area contributed by atoms with E-state index in [-0.39, 0.29) is 16.5 Å². The van der Waals surface area contributed by atoms with Crippen LogP contribution in [0.2, 0.25) is 5.02 Å². The Kier molecular flexibility index (Phi) is 4.77. The zero-order chi connectivity index (χ0) is 21.5. The number of fused-ring (bicyclic) bond motifs is 1. The number of halogens is 2. The van der Waals surface area contributed by atoms with Gasteiger partial charge in [0.25, 0.3) is 5.91 Å². The van der Waals surface area contributed by atoms with Crippen LogP contribution in [0.1, 0.15) is 11.1 Å². The Labute approximate surface area is 185 Å². The minimum Gasteiger partial charge on any atom is -0.507 e. The van der Waals surface area contributed by atoms with Crippen molar-refractivity contribution in [3.8, 4) is 5.75 Å². The molecule has 1 amide bonds. The third kappa shape index (κ3) is 3.48. The van der Waals surface area contributed by atoms with Crippen molar-refractivity contribution in [2.45, 2.75) is 0 Å². The number of thiazole rings is 1. The normalized spacial score (nSPS) is 15.2. The number of carbonyl (C=O) groups excluding carboxylic acids is 1. The molecule has 0 aliphatic carbocycles. The number of benzene rings is 3. The molecule has 0 spiro atoms. The fraction of sp³-hybridized carbons (Fsp3) is 0. The Bertz CT molecular complexity index is 1360. The summed E-state index contributed by atoms with van der Waals surface area (Å²) in [7, 11) is 0. The lowest BCUT2D eigenvalue weighted by Gasteiger charge is -2.14. The van der Waals surface area contributed by atoms with Crippen molar-refractivity contribution in [1.82, 2.24) is 4.98 Å². The average molecular weight is 450 g/mol. The summed E-state index contributed by atoms with van der Waals surface area (Å²) in [5, 5.41) is 10.4. The van der Waals surface area contributed by atoms with Crippen molar-refractivity contribution in [1.29, 1.82) is 0 Å². The molecule has 5 nitrogen and oxygen atoms in total. The topological polar surface area (TPSA) is 65.8 Å². The Morgan fingerprint density at radius 3 is 2.58 bits per heavy atom. The second-order valence-electron chi connectivity index (χ2n) is 6.76. The van der Waals surface area contributed by atoms with Gasteiger partial charge in [0.05, 0.1) is 15.2 Å². The second-order valence-corrected chi connectivity index (χ2v) is 8.18. The first-order valence-electron chi connectivity index (χ1n) is 9.25. The van der Waals surface area contributed by atoms with Crippen molar-refractivity contribution in [2.24, 2.45) is 4.99 Å². The number of nitrogens with zero attached hydrogens (tertiary/aromatic N) is 3. The number of para-hydroxylation sites is 1. The van der Waals surface area contributed by atoms with E-state index in [0.717, 1.165) is 5.56 Å². The molecular formula is C23H13ClFN3O2S. The smallest absolute Gasteiger partial charge is 0.284 e. The van der Waals surface area contributed by atoms with Crippen molar-refractivity contribution in [2.75, 3.05) is 4.90 Å². The summed E-state index contributed by atoms with van der Waals surface area (Å²) < 4.78 is 14.5. The molecule has 152 valence electrons. The van der Waals surface area contributed by atoms with E-state index in [9.17, 15) is 14.3 Å². The number of aromatic hydroxyl groups is 1. The third-order valence-electron chi connectivity index (χ3n) is 4.73. The number of phenols is 1. The fourth-order valence-corrected chi connectivity index (χ4v) is 4.37. The summed E-state index contributed by atoms with van der Waals surface area (Å²) in [6.45, 7) is 0. The minimum atomic E-state index is -0.547. The molecule has 3 aromatic carbocycles. The van der Waals surface area contributed by atoms with Crippen molar-refractivity contribution in [3.05, 3.63) is 94.4 Å². The molecule has 31 heavy (non-hydrogen) atoms. The largest absolute Gasteiger partial charge is 0.507 e. The summed E-state index contributed by atoms with van der Waals surface area (Å²) in [5.74, 6) is -0.498. The van der Waals surface area contributed by atoms with Gasteiger partial charge in [-0.2, -0.15) is 0 Å². The predicted molar refractivity (Wildman–Crippen MR) is 121 cm³/mol. The fourth-order valence-electron chi connectivity index (χ4n) is 3.24. The maximum atomic E-state index is 13.9. The van der Waals surface area contributed by atoms with Gasteiger partial charge in [-0.3, -0.25) is 4.79 Å². The SMILES string of the molecule is O=C1/C(=C/c2ccccc2O)N=C(c2ccccc2)N1c1nc2cc(Cl)c(F)cc2s1. The maximum Gasteiger partial charge on any atom is 0.284 e. The van der Waals surface area contributed by atoms with E-state index in [1.807, 2.05) is 30.3 Å². The van der Waals surface area contributed by atoms with Gasteiger partial charge < -0.3 is 5.11 Å². The van der Waals surface area contributed by atoms with E-state index in [2.05, 4.69) is 9.98 Å². The van der Waals surface area contributed by atoms with Gasteiger partial charge in [0.2, 0.25) is 0 Å². The van der Waals surface area contributed by atoms with E-state index in [0.29, 0.717) is 26.7 Å². The molecule has 0 fully saturated rings. The highest BCUT2D eigenvalue weighted by Gasteiger charge is 2.34. The molecule has 0 unspecified atom stereocenters. The van der Waals surface area contributed by atoms with Gasteiger partial charge in [0, 0.05) is 11.1 Å². The highest BCUT2D eigenvalue weighted by atomic mass is 35.5. The molecule has 0 atom stereocenters. The van der Waals surface area contributed by atoms with E-state index >= 15 is 0 Å². The first kappa shape index (κ1) is 19.4. The van der Waals surface area contributed by atoms with Crippen LogP contribution in [0.5, 0.6) is 5.75 Å². The van der Waals surface area contributed by atoms with Gasteiger partial charge in [-0.25, -0.2) is 19.3 Å². The molecule has 2 heterocycles. The molecule has 0 radical (unpaired) electrons. The lowest BCUT2D eigenvalue weighted by atomic mass is 10.1. The average Bonchev–Trinajstić information content (AvgIpc) is 3.31. The van der Waals surface area contributed by atoms with Gasteiger partial charge in [-0.05, 0) is 24.3 Å². The maximum absolute atomic E-state index is 13.9. The van der Waals surface area contributed by atoms with Gasteiger partial charge in [0.1, 0.15) is 23.1 Å². The number of carbonyl (C=O) groups is 1. The Morgan fingerprint density at radius 2 is 1.81 bits per heavy atom. The summed E-state index contributed by atoms with van der Waals surface area (Å²) in [5.41, 5.74) is 1.84. The Hall–Kier alpha value is -3.55. The minimum absolute atomic E-state index is 0.0332. The molecule has 1 aromatic heterocycles. The second kappa shape index (κ2) is 7.61. The molecule has 0 bridgehead atoms. The Morgan fingerprint density at radius 1 is 1.06 bits per heavy atom. The zero-order valence-corrected chi connectivity index (χ0v) is 17.4. The van der Waals surface area contributed by atoms with Crippen LogP contribution in [0.15, 0.2) is 77.4 Å². The van der Waals surface area contributed by atoms with Crippen LogP contribution in [-0.2, 0) is 4.79 Å². The van der Waals surface area contributed by atoms with E-state index < -0.39 is 11.7 Å². The first-order valence-corrected chi connectivity index (χ1v) is 10.4. The number of hydrogen-bond acceptors (Lipinski definition) is 5. The quantitative estimate of drug-likeness (QED) is 0.412. The number of aliphatic imine (C=N–C) groups is 1. The van der Waals surface area contributed by atoms with Crippen LogP contribution >= 0.6 is 22.9 Å². The van der Waals surface area contributed by atoms with Crippen LogP contribution < -0.4 is 4.90 Å². The van der Waals surface area contributed by atoms with Gasteiger partial charge >= 0.3 is 0 Å². The number of phenolic OH excluding ortho intramolecular Hbond substituents is 1. The molecule has 4 aromatic rings.